The third kappa shape index (κ3) is 6.43. The van der Waals surface area contributed by atoms with Gasteiger partial charge >= 0.3 is 6.03 Å². The summed E-state index contributed by atoms with van der Waals surface area (Å²) < 4.78 is 29.8. The van der Waals surface area contributed by atoms with Crippen molar-refractivity contribution in [3.63, 3.8) is 0 Å². The first-order valence-corrected chi connectivity index (χ1v) is 14.0. The first kappa shape index (κ1) is 28.7. The van der Waals surface area contributed by atoms with E-state index in [2.05, 4.69) is 45.2 Å². The van der Waals surface area contributed by atoms with Gasteiger partial charge in [-0.1, -0.05) is 24.3 Å². The lowest BCUT2D eigenvalue weighted by Crippen LogP contribution is -2.53. The topological polar surface area (TPSA) is 81.8 Å². The molecule has 41 heavy (non-hydrogen) atoms. The van der Waals surface area contributed by atoms with Gasteiger partial charge < -0.3 is 19.3 Å². The summed E-state index contributed by atoms with van der Waals surface area (Å²) >= 11 is 0. The Labute approximate surface area is 239 Å². The molecule has 8 nitrogen and oxygen atoms in total. The highest BCUT2D eigenvalue weighted by molar-refractivity contribution is 5.95. The van der Waals surface area contributed by atoms with E-state index in [1.807, 2.05) is 41.4 Å². The number of likely N-dealkylation sites (tertiary alicyclic amines) is 1. The maximum Gasteiger partial charge on any atom is 0.325 e. The highest BCUT2D eigenvalue weighted by Crippen LogP contribution is 2.40. The van der Waals surface area contributed by atoms with Crippen molar-refractivity contribution in [3.8, 4) is 16.9 Å². The van der Waals surface area contributed by atoms with Crippen LogP contribution in [0.15, 0.2) is 60.9 Å². The molecule has 2 aromatic carbocycles. The smallest absolute Gasteiger partial charge is 0.325 e. The molecule has 0 radical (unpaired) electrons. The van der Waals surface area contributed by atoms with E-state index in [1.165, 1.54) is 0 Å². The largest absolute Gasteiger partial charge is 0.497 e. The minimum atomic E-state index is -2.56. The van der Waals surface area contributed by atoms with Crippen LogP contribution in [-0.4, -0.2) is 77.6 Å². The average molecular weight is 566 g/mol. The van der Waals surface area contributed by atoms with Crippen molar-refractivity contribution >= 4 is 18.0 Å². The Kier molecular flexibility index (Phi) is 8.40. The molecule has 2 amide bonds. The summed E-state index contributed by atoms with van der Waals surface area (Å²) in [5.41, 5.74) is 3.99. The third-order valence-corrected chi connectivity index (χ3v) is 8.52. The van der Waals surface area contributed by atoms with Crippen LogP contribution in [0.5, 0.6) is 5.75 Å². The summed E-state index contributed by atoms with van der Waals surface area (Å²) in [7, 11) is 3.83. The second kappa shape index (κ2) is 12.0. The minimum absolute atomic E-state index is 0.0773. The molecule has 3 fully saturated rings. The van der Waals surface area contributed by atoms with Crippen molar-refractivity contribution in [2.45, 2.75) is 50.1 Å². The number of alkyl halides is 2. The highest BCUT2D eigenvalue weighted by Gasteiger charge is 2.50. The van der Waals surface area contributed by atoms with Gasteiger partial charge in [-0.05, 0) is 61.7 Å². The number of rotatable bonds is 6. The molecule has 2 aliphatic heterocycles. The van der Waals surface area contributed by atoms with Gasteiger partial charge in [-0.2, -0.15) is 5.10 Å². The number of carbonyl (C=O) groups is 2. The summed E-state index contributed by atoms with van der Waals surface area (Å²) in [4.78, 5) is 30.1. The van der Waals surface area contributed by atoms with Crippen LogP contribution in [0.4, 0.5) is 19.3 Å². The molecule has 1 N–H and O–H groups in total. The number of piperidine rings is 1. The number of aromatic amines is 1. The fraction of sp³-hybridized carbons (Fsp3) is 0.452. The quantitative estimate of drug-likeness (QED) is 0.393. The first-order valence-electron chi connectivity index (χ1n) is 14.0. The summed E-state index contributed by atoms with van der Waals surface area (Å²) in [6, 6.07) is 16.3. The molecule has 2 saturated heterocycles. The lowest BCUT2D eigenvalue weighted by atomic mass is 9.86. The van der Waals surface area contributed by atoms with Gasteiger partial charge in [0.05, 0.1) is 25.4 Å². The second-order valence-corrected chi connectivity index (χ2v) is 11.4. The third-order valence-electron chi connectivity index (χ3n) is 8.52. The molecule has 1 saturated carbocycles. The van der Waals surface area contributed by atoms with E-state index in [0.717, 1.165) is 54.1 Å². The summed E-state index contributed by atoms with van der Waals surface area (Å²) in [5.74, 6) is -2.13. The van der Waals surface area contributed by atoms with Crippen LogP contribution < -0.4 is 9.64 Å². The van der Waals surface area contributed by atoms with Crippen LogP contribution >= 0.6 is 0 Å². The van der Waals surface area contributed by atoms with Crippen molar-refractivity contribution in [1.29, 1.82) is 0 Å². The predicted octanol–water partition coefficient (Wildman–Crippen LogP) is 5.61. The predicted molar refractivity (Wildman–Crippen MR) is 153 cm³/mol. The first-order chi connectivity index (χ1) is 19.7. The van der Waals surface area contributed by atoms with E-state index < -0.39 is 5.92 Å². The summed E-state index contributed by atoms with van der Waals surface area (Å²) in [5, 5.41) is 6.88. The van der Waals surface area contributed by atoms with E-state index in [-0.39, 0.29) is 30.3 Å². The van der Waals surface area contributed by atoms with Gasteiger partial charge in [0.25, 0.3) is 0 Å². The number of anilines is 1. The standard InChI is InChI=1S/C25H29N5O2.C6H8F2O/c1-28-12-10-25(11-13-28)18-29(22-8-6-20(7-9-22)21-15-26-27-16-21)24(31)30(25)17-19-4-3-5-23(14-19)32-2;7-6(8)2-1-5(3-6)4-9/h3-9,14-16H,10-13,17-18H2,1-2H3,(H,26,27);4-5H,1-3H2. The molecule has 1 spiro atoms. The molecular formula is C31H37F2N5O3. The molecule has 1 aliphatic carbocycles. The minimum Gasteiger partial charge on any atom is -0.497 e. The molecule has 3 aliphatic rings. The maximum atomic E-state index is 13.7. The van der Waals surface area contributed by atoms with Gasteiger partial charge in [-0.15, -0.1) is 0 Å². The zero-order valence-corrected chi connectivity index (χ0v) is 23.6. The zero-order valence-electron chi connectivity index (χ0n) is 23.6. The molecule has 1 aromatic heterocycles. The van der Waals surface area contributed by atoms with Crippen LogP contribution in [0.25, 0.3) is 11.1 Å². The van der Waals surface area contributed by atoms with E-state index in [1.54, 1.807) is 13.3 Å². The average Bonchev–Trinajstić information content (AvgIpc) is 3.71. The molecule has 3 heterocycles. The SMILES string of the molecule is COc1cccc(CN2C(=O)N(c3ccc(-c4cn[nH]c4)cc3)CC23CCN(C)CC3)c1.O=CC1CCC(F)(F)C1. The number of benzene rings is 2. The monoisotopic (exact) mass is 565 g/mol. The van der Waals surface area contributed by atoms with Crippen LogP contribution in [-0.2, 0) is 11.3 Å². The normalized spacial score (nSPS) is 21.6. The van der Waals surface area contributed by atoms with Crippen LogP contribution in [0.3, 0.4) is 0 Å². The molecule has 1 unspecified atom stereocenters. The molecule has 218 valence electrons. The molecule has 1 atom stereocenters. The lowest BCUT2D eigenvalue weighted by molar-refractivity contribution is -0.111. The van der Waals surface area contributed by atoms with Gasteiger partial charge in [-0.3, -0.25) is 10.00 Å². The van der Waals surface area contributed by atoms with Gasteiger partial charge in [0, 0.05) is 55.8 Å². The highest BCUT2D eigenvalue weighted by atomic mass is 19.3. The maximum absolute atomic E-state index is 13.7. The lowest BCUT2D eigenvalue weighted by Gasteiger charge is -2.42. The van der Waals surface area contributed by atoms with Crippen LogP contribution in [0, 0.1) is 5.92 Å². The number of nitrogens with zero attached hydrogens (tertiary/aromatic N) is 4. The Morgan fingerprint density at radius 1 is 1.10 bits per heavy atom. The number of aldehydes is 1. The van der Waals surface area contributed by atoms with Crippen LogP contribution in [0.1, 0.15) is 37.7 Å². The molecule has 10 heteroatoms. The van der Waals surface area contributed by atoms with Crippen molar-refractivity contribution in [1.82, 2.24) is 20.0 Å². The molecular weight excluding hydrogens is 528 g/mol. The Morgan fingerprint density at radius 3 is 2.44 bits per heavy atom. The van der Waals surface area contributed by atoms with E-state index in [9.17, 15) is 18.4 Å². The molecule has 6 rings (SSSR count). The van der Waals surface area contributed by atoms with Crippen molar-refractivity contribution in [2.24, 2.45) is 5.92 Å². The fourth-order valence-corrected chi connectivity index (χ4v) is 5.99. The van der Waals surface area contributed by atoms with E-state index in [0.29, 0.717) is 25.8 Å². The number of urea groups is 1. The van der Waals surface area contributed by atoms with Crippen molar-refractivity contribution < 1.29 is 23.1 Å². The number of carbonyl (C=O) groups excluding carboxylic acids is 2. The van der Waals surface area contributed by atoms with Crippen LogP contribution in [0.2, 0.25) is 0 Å². The van der Waals surface area contributed by atoms with Crippen molar-refractivity contribution in [3.05, 3.63) is 66.5 Å². The van der Waals surface area contributed by atoms with E-state index in [4.69, 9.17) is 4.74 Å². The van der Waals surface area contributed by atoms with E-state index >= 15 is 0 Å². The van der Waals surface area contributed by atoms with Gasteiger partial charge in [-0.25, -0.2) is 13.6 Å². The van der Waals surface area contributed by atoms with Gasteiger partial charge in [0.1, 0.15) is 12.0 Å². The number of amides is 2. The number of H-pyrrole nitrogens is 1. The molecule has 3 aromatic rings. The van der Waals surface area contributed by atoms with Gasteiger partial charge in [0.2, 0.25) is 5.92 Å². The number of nitrogens with one attached hydrogen (secondary N) is 1. The Morgan fingerprint density at radius 2 is 1.85 bits per heavy atom. The number of hydrogen-bond donors (Lipinski definition) is 1. The summed E-state index contributed by atoms with van der Waals surface area (Å²) in [6.07, 6.45) is 6.26. The number of ether oxygens (including phenoxy) is 1. The molecule has 0 bridgehead atoms. The number of halogens is 2. The Balaban J connectivity index is 0.000000321. The summed E-state index contributed by atoms with van der Waals surface area (Å²) in [6.45, 7) is 3.29. The Bertz CT molecular complexity index is 1320. The number of hydrogen-bond acceptors (Lipinski definition) is 5. The zero-order chi connectivity index (χ0) is 29.0. The fourth-order valence-electron chi connectivity index (χ4n) is 5.99. The number of aromatic nitrogens is 2. The Hall–Kier alpha value is -3.79. The van der Waals surface area contributed by atoms with Crippen molar-refractivity contribution in [2.75, 3.05) is 38.7 Å². The second-order valence-electron chi connectivity index (χ2n) is 11.4. The van der Waals surface area contributed by atoms with Gasteiger partial charge in [0.15, 0.2) is 0 Å². The number of methoxy groups -OCH3 is 1.